The molecule has 0 aromatic carbocycles. The summed E-state index contributed by atoms with van der Waals surface area (Å²) in [7, 11) is 0. The Kier molecular flexibility index (Phi) is 2.77. The molecule has 2 heterocycles. The molecule has 0 saturated carbocycles. The number of halogens is 3. The molecule has 1 aliphatic heterocycles. The van der Waals surface area contributed by atoms with Gasteiger partial charge >= 0.3 is 18.1 Å². The third-order valence-electron chi connectivity index (χ3n) is 2.43. The fourth-order valence-corrected chi connectivity index (χ4v) is 1.56. The highest BCUT2D eigenvalue weighted by molar-refractivity contribution is 5.93. The first-order chi connectivity index (χ1) is 7.91. The lowest BCUT2D eigenvalue weighted by Gasteiger charge is -2.09. The molecular formula is C8H9F3N4O2. The van der Waals surface area contributed by atoms with Crippen molar-refractivity contribution in [1.29, 1.82) is 0 Å². The number of nitrogens with two attached hydrogens (primary N) is 1. The number of carbonyl (C=O) groups excluding carboxylic acids is 1. The van der Waals surface area contributed by atoms with E-state index in [9.17, 15) is 18.0 Å². The summed E-state index contributed by atoms with van der Waals surface area (Å²) in [5.74, 6) is -1.92. The topological polar surface area (TPSA) is 85.3 Å². The van der Waals surface area contributed by atoms with E-state index >= 15 is 0 Å². The van der Waals surface area contributed by atoms with Crippen LogP contribution in [-0.2, 0) is 11.0 Å². The van der Waals surface area contributed by atoms with Gasteiger partial charge < -0.3 is 10.2 Å². The number of anilines is 1. The highest BCUT2D eigenvalue weighted by Crippen LogP contribution is 2.31. The van der Waals surface area contributed by atoms with Gasteiger partial charge in [0.15, 0.2) is 0 Å². The molecule has 1 aromatic heterocycles. The van der Waals surface area contributed by atoms with Gasteiger partial charge in [0.05, 0.1) is 0 Å². The summed E-state index contributed by atoms with van der Waals surface area (Å²) < 4.78 is 41.0. The highest BCUT2D eigenvalue weighted by Gasteiger charge is 2.40. The van der Waals surface area contributed by atoms with Crippen molar-refractivity contribution in [2.75, 3.05) is 18.0 Å². The van der Waals surface area contributed by atoms with E-state index in [1.54, 1.807) is 0 Å². The van der Waals surface area contributed by atoms with Gasteiger partial charge in [-0.05, 0) is 12.5 Å². The summed E-state index contributed by atoms with van der Waals surface area (Å²) in [4.78, 5) is 12.5. The van der Waals surface area contributed by atoms with E-state index in [2.05, 4.69) is 14.6 Å². The first kappa shape index (κ1) is 11.8. The average Bonchev–Trinajstić information content (AvgIpc) is 2.82. The predicted molar refractivity (Wildman–Crippen MR) is 48.8 cm³/mol. The molecule has 0 spiro atoms. The first-order valence-electron chi connectivity index (χ1n) is 4.83. The second-order valence-electron chi connectivity index (χ2n) is 3.70. The molecule has 0 bridgehead atoms. The molecule has 1 fully saturated rings. The highest BCUT2D eigenvalue weighted by atomic mass is 19.4. The summed E-state index contributed by atoms with van der Waals surface area (Å²) in [6.45, 7) is 0.483. The molecule has 6 nitrogen and oxygen atoms in total. The molecule has 17 heavy (non-hydrogen) atoms. The van der Waals surface area contributed by atoms with E-state index in [1.807, 2.05) is 0 Å². The van der Waals surface area contributed by atoms with Crippen molar-refractivity contribution in [2.45, 2.75) is 12.6 Å². The lowest BCUT2D eigenvalue weighted by Crippen LogP contribution is -2.26. The van der Waals surface area contributed by atoms with Gasteiger partial charge in [-0.2, -0.15) is 13.2 Å². The maximum Gasteiger partial charge on any atom is 0.470 e. The van der Waals surface area contributed by atoms with E-state index in [0.717, 1.165) is 4.90 Å². The number of carbonyl (C=O) groups is 1. The van der Waals surface area contributed by atoms with Crippen LogP contribution in [0.4, 0.5) is 19.2 Å². The zero-order chi connectivity index (χ0) is 12.6. The van der Waals surface area contributed by atoms with Crippen LogP contribution in [0.25, 0.3) is 0 Å². The largest absolute Gasteiger partial charge is 0.470 e. The number of alkyl halides is 3. The number of amides is 1. The minimum absolute atomic E-state index is 0.0938. The summed E-state index contributed by atoms with van der Waals surface area (Å²) in [6.07, 6.45) is -4.53. The Morgan fingerprint density at radius 3 is 2.65 bits per heavy atom. The summed E-state index contributed by atoms with van der Waals surface area (Å²) in [5, 5.41) is 6.06. The molecule has 1 saturated heterocycles. The number of hydrogen-bond donors (Lipinski definition) is 1. The Bertz CT molecular complexity index is 431. The lowest BCUT2D eigenvalue weighted by molar-refractivity contribution is -0.157. The second-order valence-corrected chi connectivity index (χ2v) is 3.70. The molecule has 1 atom stereocenters. The van der Waals surface area contributed by atoms with Crippen molar-refractivity contribution in [3.63, 3.8) is 0 Å². The van der Waals surface area contributed by atoms with Crippen LogP contribution < -0.4 is 10.6 Å². The number of aromatic nitrogens is 2. The van der Waals surface area contributed by atoms with Crippen LogP contribution in [0.3, 0.4) is 0 Å². The van der Waals surface area contributed by atoms with E-state index in [0.29, 0.717) is 0 Å². The fraction of sp³-hybridized carbons (Fsp3) is 0.625. The Morgan fingerprint density at radius 2 is 2.18 bits per heavy atom. The Morgan fingerprint density at radius 1 is 1.47 bits per heavy atom. The molecular weight excluding hydrogens is 241 g/mol. The molecule has 2 N–H and O–H groups in total. The smallest absolute Gasteiger partial charge is 0.399 e. The standard InChI is InChI=1S/C8H9F3N4O2/c9-8(10,11)6-13-14-7(17-6)15-3-4(2-12)1-5(15)16/h4H,1-3,12H2. The second kappa shape index (κ2) is 3.99. The minimum Gasteiger partial charge on any atom is -0.399 e. The quantitative estimate of drug-likeness (QED) is 0.821. The molecule has 2 rings (SSSR count). The van der Waals surface area contributed by atoms with Crippen LogP contribution >= 0.6 is 0 Å². The summed E-state index contributed by atoms with van der Waals surface area (Å²) in [6, 6.07) is -0.432. The van der Waals surface area contributed by atoms with Crippen molar-refractivity contribution in [1.82, 2.24) is 10.2 Å². The maximum absolute atomic E-state index is 12.2. The fourth-order valence-electron chi connectivity index (χ4n) is 1.56. The predicted octanol–water partition coefficient (Wildman–Crippen LogP) is 0.400. The third kappa shape index (κ3) is 2.23. The molecule has 0 radical (unpaired) electrons. The van der Waals surface area contributed by atoms with Crippen LogP contribution in [-0.4, -0.2) is 29.2 Å². The van der Waals surface area contributed by atoms with Crippen LogP contribution in [0, 0.1) is 5.92 Å². The lowest BCUT2D eigenvalue weighted by atomic mass is 10.1. The number of rotatable bonds is 2. The van der Waals surface area contributed by atoms with Crippen molar-refractivity contribution in [3.8, 4) is 0 Å². The molecule has 9 heteroatoms. The third-order valence-corrected chi connectivity index (χ3v) is 2.43. The van der Waals surface area contributed by atoms with Gasteiger partial charge in [-0.25, -0.2) is 0 Å². The van der Waals surface area contributed by atoms with E-state index in [4.69, 9.17) is 5.73 Å². The van der Waals surface area contributed by atoms with Crippen LogP contribution in [0.15, 0.2) is 4.42 Å². The van der Waals surface area contributed by atoms with Gasteiger partial charge in [0.25, 0.3) is 0 Å². The van der Waals surface area contributed by atoms with Crippen LogP contribution in [0.2, 0.25) is 0 Å². The Labute approximate surface area is 93.6 Å². The van der Waals surface area contributed by atoms with Gasteiger partial charge in [0, 0.05) is 13.0 Å². The van der Waals surface area contributed by atoms with Crippen molar-refractivity contribution in [2.24, 2.45) is 11.7 Å². The molecule has 1 amide bonds. The Hall–Kier alpha value is -1.64. The van der Waals surface area contributed by atoms with Gasteiger partial charge in [-0.1, -0.05) is 5.10 Å². The van der Waals surface area contributed by atoms with Gasteiger partial charge in [-0.15, -0.1) is 5.10 Å². The zero-order valence-electron chi connectivity index (χ0n) is 8.57. The monoisotopic (exact) mass is 250 g/mol. The minimum atomic E-state index is -4.71. The summed E-state index contributed by atoms with van der Waals surface area (Å²) >= 11 is 0. The van der Waals surface area contributed by atoms with E-state index in [1.165, 1.54) is 0 Å². The normalized spacial score (nSPS) is 21.3. The molecule has 1 unspecified atom stereocenters. The molecule has 94 valence electrons. The zero-order valence-corrected chi connectivity index (χ0v) is 8.57. The van der Waals surface area contributed by atoms with Gasteiger partial charge in [0.2, 0.25) is 5.91 Å². The molecule has 1 aromatic rings. The SMILES string of the molecule is NCC1CC(=O)N(c2nnc(C(F)(F)F)o2)C1. The maximum atomic E-state index is 12.2. The van der Waals surface area contributed by atoms with Crippen LogP contribution in [0.1, 0.15) is 12.3 Å². The van der Waals surface area contributed by atoms with Crippen molar-refractivity contribution >= 4 is 11.9 Å². The number of nitrogens with zero attached hydrogens (tertiary/aromatic N) is 3. The number of hydrogen-bond acceptors (Lipinski definition) is 5. The summed E-state index contributed by atoms with van der Waals surface area (Å²) in [5.41, 5.74) is 5.39. The molecule has 1 aliphatic rings. The van der Waals surface area contributed by atoms with Gasteiger partial charge in [0.1, 0.15) is 0 Å². The van der Waals surface area contributed by atoms with Gasteiger partial charge in [-0.3, -0.25) is 9.69 Å². The van der Waals surface area contributed by atoms with Crippen molar-refractivity contribution in [3.05, 3.63) is 5.89 Å². The Balaban J connectivity index is 2.19. The van der Waals surface area contributed by atoms with Crippen molar-refractivity contribution < 1.29 is 22.4 Å². The van der Waals surface area contributed by atoms with E-state index < -0.39 is 18.1 Å². The van der Waals surface area contributed by atoms with E-state index in [-0.39, 0.29) is 31.3 Å². The van der Waals surface area contributed by atoms with Crippen LogP contribution in [0.5, 0.6) is 0 Å². The average molecular weight is 250 g/mol. The molecule has 0 aliphatic carbocycles. The first-order valence-corrected chi connectivity index (χ1v) is 4.83.